The molecule has 2 rings (SSSR count). The van der Waals surface area contributed by atoms with Crippen LogP contribution < -0.4 is 9.47 Å². The molecule has 0 saturated carbocycles. The molecule has 1 fully saturated rings. The Bertz CT molecular complexity index is 430. The van der Waals surface area contributed by atoms with Gasteiger partial charge in [0.05, 0.1) is 26.9 Å². The minimum atomic E-state index is 0.753. The molecule has 1 aromatic carbocycles. The van der Waals surface area contributed by atoms with E-state index in [-0.39, 0.29) is 0 Å². The summed E-state index contributed by atoms with van der Waals surface area (Å²) in [5, 5.41) is 0. The van der Waals surface area contributed by atoms with Crippen molar-refractivity contribution in [2.45, 2.75) is 32.6 Å². The van der Waals surface area contributed by atoms with Crippen molar-refractivity contribution in [3.05, 3.63) is 23.8 Å². The standard InChI is InChI=1S/C18H29NO3/c1-3-4-12-22-17-8-7-16(15-18(17)20-2)6-5-9-19-10-13-21-14-11-19/h7-8,15H,3-6,9-14H2,1-2H3. The van der Waals surface area contributed by atoms with Gasteiger partial charge in [-0.15, -0.1) is 0 Å². The van der Waals surface area contributed by atoms with Crippen LogP contribution in [0.4, 0.5) is 0 Å². The second-order valence-corrected chi connectivity index (χ2v) is 5.74. The number of hydrogen-bond donors (Lipinski definition) is 0. The van der Waals surface area contributed by atoms with Crippen molar-refractivity contribution in [2.24, 2.45) is 0 Å². The van der Waals surface area contributed by atoms with Gasteiger partial charge in [0.1, 0.15) is 0 Å². The van der Waals surface area contributed by atoms with Crippen LogP contribution >= 0.6 is 0 Å². The highest BCUT2D eigenvalue weighted by atomic mass is 16.5. The normalized spacial score (nSPS) is 15.7. The van der Waals surface area contributed by atoms with Crippen molar-refractivity contribution < 1.29 is 14.2 Å². The molecule has 0 amide bonds. The van der Waals surface area contributed by atoms with Gasteiger partial charge in [0.15, 0.2) is 11.5 Å². The zero-order chi connectivity index (χ0) is 15.6. The average molecular weight is 307 g/mol. The van der Waals surface area contributed by atoms with E-state index in [1.807, 2.05) is 6.07 Å². The maximum atomic E-state index is 5.78. The first-order valence-electron chi connectivity index (χ1n) is 8.43. The van der Waals surface area contributed by atoms with Crippen molar-refractivity contribution in [3.8, 4) is 11.5 Å². The van der Waals surface area contributed by atoms with Crippen LogP contribution in [0.3, 0.4) is 0 Å². The monoisotopic (exact) mass is 307 g/mol. The Morgan fingerprint density at radius 2 is 1.95 bits per heavy atom. The number of benzene rings is 1. The fourth-order valence-corrected chi connectivity index (χ4v) is 2.64. The molecule has 1 aliphatic rings. The number of rotatable bonds is 9. The molecule has 0 unspecified atom stereocenters. The molecule has 0 N–H and O–H groups in total. The van der Waals surface area contributed by atoms with Crippen molar-refractivity contribution in [1.29, 1.82) is 0 Å². The highest BCUT2D eigenvalue weighted by Crippen LogP contribution is 2.28. The summed E-state index contributed by atoms with van der Waals surface area (Å²) in [6, 6.07) is 6.31. The molecule has 1 saturated heterocycles. The van der Waals surface area contributed by atoms with Gasteiger partial charge in [0, 0.05) is 13.1 Å². The third kappa shape index (κ3) is 5.50. The zero-order valence-electron chi connectivity index (χ0n) is 14.0. The van der Waals surface area contributed by atoms with E-state index >= 15 is 0 Å². The topological polar surface area (TPSA) is 30.9 Å². The van der Waals surface area contributed by atoms with Gasteiger partial charge in [0.2, 0.25) is 0 Å². The third-order valence-corrected chi connectivity index (χ3v) is 4.03. The predicted molar refractivity (Wildman–Crippen MR) is 89.0 cm³/mol. The van der Waals surface area contributed by atoms with Gasteiger partial charge in [-0.3, -0.25) is 4.90 Å². The highest BCUT2D eigenvalue weighted by molar-refractivity contribution is 5.43. The third-order valence-electron chi connectivity index (χ3n) is 4.03. The fraction of sp³-hybridized carbons (Fsp3) is 0.667. The SMILES string of the molecule is CCCCOc1ccc(CCCN2CCOCC2)cc1OC. The summed E-state index contributed by atoms with van der Waals surface area (Å²) in [7, 11) is 1.71. The van der Waals surface area contributed by atoms with Gasteiger partial charge in [-0.05, 0) is 43.5 Å². The molecular weight excluding hydrogens is 278 g/mol. The molecule has 0 radical (unpaired) electrons. The summed E-state index contributed by atoms with van der Waals surface area (Å²) >= 11 is 0. The van der Waals surface area contributed by atoms with Crippen molar-refractivity contribution >= 4 is 0 Å². The number of nitrogens with zero attached hydrogens (tertiary/aromatic N) is 1. The van der Waals surface area contributed by atoms with Crippen LogP contribution in [0.15, 0.2) is 18.2 Å². The summed E-state index contributed by atoms with van der Waals surface area (Å²) in [6.07, 6.45) is 4.45. The van der Waals surface area contributed by atoms with E-state index in [0.717, 1.165) is 70.2 Å². The molecule has 0 bridgehead atoms. The van der Waals surface area contributed by atoms with Crippen molar-refractivity contribution in [2.75, 3.05) is 46.6 Å². The Balaban J connectivity index is 1.80. The summed E-state index contributed by atoms with van der Waals surface area (Å²) in [5.41, 5.74) is 1.31. The minimum Gasteiger partial charge on any atom is -0.493 e. The molecule has 1 heterocycles. The summed E-state index contributed by atoms with van der Waals surface area (Å²) in [5.74, 6) is 1.70. The number of morpholine rings is 1. The Hall–Kier alpha value is -1.26. The molecule has 22 heavy (non-hydrogen) atoms. The Labute approximate surface area is 134 Å². The van der Waals surface area contributed by atoms with Crippen molar-refractivity contribution in [3.63, 3.8) is 0 Å². The van der Waals surface area contributed by atoms with E-state index in [4.69, 9.17) is 14.2 Å². The fourth-order valence-electron chi connectivity index (χ4n) is 2.64. The molecular formula is C18H29NO3. The summed E-state index contributed by atoms with van der Waals surface area (Å²) in [6.45, 7) is 7.93. The smallest absolute Gasteiger partial charge is 0.161 e. The maximum absolute atomic E-state index is 5.78. The number of ether oxygens (including phenoxy) is 3. The van der Waals surface area contributed by atoms with Crippen LogP contribution in [0.5, 0.6) is 11.5 Å². The molecule has 0 aliphatic carbocycles. The van der Waals surface area contributed by atoms with Crippen LogP contribution in [-0.2, 0) is 11.2 Å². The quantitative estimate of drug-likeness (QED) is 0.656. The Morgan fingerprint density at radius 1 is 1.14 bits per heavy atom. The van der Waals surface area contributed by atoms with E-state index < -0.39 is 0 Å². The predicted octanol–water partition coefficient (Wildman–Crippen LogP) is 3.14. The first-order valence-corrected chi connectivity index (χ1v) is 8.43. The number of unbranched alkanes of at least 4 members (excludes halogenated alkanes) is 1. The number of hydrogen-bond acceptors (Lipinski definition) is 4. The van der Waals surface area contributed by atoms with E-state index in [1.165, 1.54) is 12.0 Å². The zero-order valence-corrected chi connectivity index (χ0v) is 14.0. The number of aryl methyl sites for hydroxylation is 1. The lowest BCUT2D eigenvalue weighted by atomic mass is 10.1. The van der Waals surface area contributed by atoms with Crippen LogP contribution in [0.1, 0.15) is 31.7 Å². The van der Waals surface area contributed by atoms with Gasteiger partial charge in [0.25, 0.3) is 0 Å². The van der Waals surface area contributed by atoms with Gasteiger partial charge in [-0.1, -0.05) is 19.4 Å². The molecule has 0 aromatic heterocycles. The maximum Gasteiger partial charge on any atom is 0.161 e. The lowest BCUT2D eigenvalue weighted by Gasteiger charge is -2.26. The van der Waals surface area contributed by atoms with Crippen LogP contribution in [-0.4, -0.2) is 51.5 Å². The van der Waals surface area contributed by atoms with Crippen LogP contribution in [0.2, 0.25) is 0 Å². The van der Waals surface area contributed by atoms with E-state index in [1.54, 1.807) is 7.11 Å². The van der Waals surface area contributed by atoms with E-state index in [2.05, 4.69) is 24.0 Å². The molecule has 1 aromatic rings. The molecule has 1 aliphatic heterocycles. The lowest BCUT2D eigenvalue weighted by molar-refractivity contribution is 0.0374. The first kappa shape index (κ1) is 17.1. The molecule has 0 spiro atoms. The molecule has 4 nitrogen and oxygen atoms in total. The van der Waals surface area contributed by atoms with E-state index in [9.17, 15) is 0 Å². The van der Waals surface area contributed by atoms with Gasteiger partial charge >= 0.3 is 0 Å². The van der Waals surface area contributed by atoms with Crippen LogP contribution in [0.25, 0.3) is 0 Å². The van der Waals surface area contributed by atoms with Crippen LogP contribution in [0, 0.1) is 0 Å². The number of methoxy groups -OCH3 is 1. The van der Waals surface area contributed by atoms with Crippen molar-refractivity contribution in [1.82, 2.24) is 4.90 Å². The summed E-state index contributed by atoms with van der Waals surface area (Å²) in [4.78, 5) is 2.48. The molecule has 0 atom stereocenters. The average Bonchev–Trinajstić information content (AvgIpc) is 2.57. The first-order chi connectivity index (χ1) is 10.8. The molecule has 124 valence electrons. The van der Waals surface area contributed by atoms with Gasteiger partial charge < -0.3 is 14.2 Å². The lowest BCUT2D eigenvalue weighted by Crippen LogP contribution is -2.36. The second kappa shape index (κ2) is 9.70. The molecule has 4 heteroatoms. The van der Waals surface area contributed by atoms with Gasteiger partial charge in [-0.2, -0.15) is 0 Å². The second-order valence-electron chi connectivity index (χ2n) is 5.74. The highest BCUT2D eigenvalue weighted by Gasteiger charge is 2.10. The van der Waals surface area contributed by atoms with E-state index in [0.29, 0.717) is 0 Å². The minimum absolute atomic E-state index is 0.753. The Morgan fingerprint density at radius 3 is 2.68 bits per heavy atom. The summed E-state index contributed by atoms with van der Waals surface area (Å²) < 4.78 is 16.6. The van der Waals surface area contributed by atoms with Gasteiger partial charge in [-0.25, -0.2) is 0 Å². The largest absolute Gasteiger partial charge is 0.493 e. The Kier molecular flexibility index (Phi) is 7.54.